The SMILES string of the molecule is Nc1nnc(SCC(=O)Nc2cccnc2)s1. The average molecular weight is 267 g/mol. The number of aromatic nitrogens is 3. The number of carbonyl (C=O) groups excluding carboxylic acids is 1. The van der Waals surface area contributed by atoms with Crippen LogP contribution in [0.5, 0.6) is 0 Å². The second-order valence-electron chi connectivity index (χ2n) is 2.98. The van der Waals surface area contributed by atoms with Crippen molar-refractivity contribution in [1.82, 2.24) is 15.2 Å². The van der Waals surface area contributed by atoms with Gasteiger partial charge in [0.25, 0.3) is 0 Å². The van der Waals surface area contributed by atoms with Crippen LogP contribution < -0.4 is 11.1 Å². The number of rotatable bonds is 4. The molecule has 0 atom stereocenters. The Morgan fingerprint density at radius 1 is 1.53 bits per heavy atom. The summed E-state index contributed by atoms with van der Waals surface area (Å²) >= 11 is 2.56. The van der Waals surface area contributed by atoms with Crippen molar-refractivity contribution in [2.75, 3.05) is 16.8 Å². The Morgan fingerprint density at radius 2 is 2.41 bits per heavy atom. The minimum atomic E-state index is -0.114. The van der Waals surface area contributed by atoms with Gasteiger partial charge in [-0.05, 0) is 12.1 Å². The zero-order valence-electron chi connectivity index (χ0n) is 8.66. The number of nitrogens with two attached hydrogens (primary N) is 1. The number of nitrogens with zero attached hydrogens (tertiary/aromatic N) is 3. The number of nitrogen functional groups attached to an aromatic ring is 1. The second kappa shape index (κ2) is 5.60. The molecule has 0 aliphatic heterocycles. The van der Waals surface area contributed by atoms with Gasteiger partial charge in [-0.25, -0.2) is 0 Å². The van der Waals surface area contributed by atoms with Gasteiger partial charge < -0.3 is 11.1 Å². The van der Waals surface area contributed by atoms with Gasteiger partial charge in [0.15, 0.2) is 4.34 Å². The molecule has 0 saturated heterocycles. The number of amides is 1. The van der Waals surface area contributed by atoms with Gasteiger partial charge in [-0.15, -0.1) is 10.2 Å². The van der Waals surface area contributed by atoms with Crippen LogP contribution >= 0.6 is 23.1 Å². The van der Waals surface area contributed by atoms with Crippen molar-refractivity contribution in [1.29, 1.82) is 0 Å². The molecule has 1 amide bonds. The lowest BCUT2D eigenvalue weighted by atomic mass is 10.4. The van der Waals surface area contributed by atoms with Crippen LogP contribution in [-0.2, 0) is 4.79 Å². The fourth-order valence-corrected chi connectivity index (χ4v) is 2.48. The highest BCUT2D eigenvalue weighted by molar-refractivity contribution is 8.01. The predicted octanol–water partition coefficient (Wildman–Crippen LogP) is 1.25. The minimum Gasteiger partial charge on any atom is -0.374 e. The number of anilines is 2. The molecule has 3 N–H and O–H groups in total. The van der Waals surface area contributed by atoms with E-state index in [-0.39, 0.29) is 11.7 Å². The monoisotopic (exact) mass is 267 g/mol. The summed E-state index contributed by atoms with van der Waals surface area (Å²) in [6, 6.07) is 3.53. The molecule has 0 spiro atoms. The number of carbonyl (C=O) groups is 1. The summed E-state index contributed by atoms with van der Waals surface area (Å²) in [5.41, 5.74) is 6.11. The molecule has 0 saturated carbocycles. The molecule has 0 aliphatic rings. The Kier molecular flexibility index (Phi) is 3.89. The molecule has 17 heavy (non-hydrogen) atoms. The molecule has 0 bridgehead atoms. The molecule has 2 aromatic heterocycles. The van der Waals surface area contributed by atoms with Gasteiger partial charge in [0.05, 0.1) is 17.6 Å². The molecule has 0 aromatic carbocycles. The minimum absolute atomic E-state index is 0.114. The molecule has 0 fully saturated rings. The number of thioether (sulfide) groups is 1. The maximum atomic E-state index is 11.6. The normalized spacial score (nSPS) is 10.1. The van der Waals surface area contributed by atoms with Crippen LogP contribution in [0.3, 0.4) is 0 Å². The summed E-state index contributed by atoms with van der Waals surface area (Å²) < 4.78 is 0.684. The van der Waals surface area contributed by atoms with Crippen molar-refractivity contribution in [3.05, 3.63) is 24.5 Å². The molecule has 0 radical (unpaired) electrons. The highest BCUT2D eigenvalue weighted by Crippen LogP contribution is 2.23. The highest BCUT2D eigenvalue weighted by Gasteiger charge is 2.06. The maximum Gasteiger partial charge on any atom is 0.234 e. The predicted molar refractivity (Wildman–Crippen MR) is 67.9 cm³/mol. The van der Waals surface area contributed by atoms with Crippen LogP contribution in [0.2, 0.25) is 0 Å². The van der Waals surface area contributed by atoms with Gasteiger partial charge >= 0.3 is 0 Å². The van der Waals surface area contributed by atoms with Crippen molar-refractivity contribution in [2.45, 2.75) is 4.34 Å². The zero-order chi connectivity index (χ0) is 12.1. The van der Waals surface area contributed by atoms with E-state index in [0.717, 1.165) is 0 Å². The van der Waals surface area contributed by atoms with Gasteiger partial charge in [0, 0.05) is 6.20 Å². The fourth-order valence-electron chi connectivity index (χ4n) is 1.04. The highest BCUT2D eigenvalue weighted by atomic mass is 32.2. The maximum absolute atomic E-state index is 11.6. The molecule has 2 rings (SSSR count). The zero-order valence-corrected chi connectivity index (χ0v) is 10.3. The molecule has 6 nitrogen and oxygen atoms in total. The van der Waals surface area contributed by atoms with Crippen molar-refractivity contribution in [3.63, 3.8) is 0 Å². The Hall–Kier alpha value is -1.67. The molecular weight excluding hydrogens is 258 g/mol. The molecule has 2 aromatic rings. The van der Waals surface area contributed by atoms with E-state index in [1.807, 2.05) is 0 Å². The van der Waals surface area contributed by atoms with Gasteiger partial charge in [-0.2, -0.15) is 0 Å². The van der Waals surface area contributed by atoms with E-state index in [2.05, 4.69) is 20.5 Å². The Labute approximate surface area is 106 Å². The first-order chi connectivity index (χ1) is 8.24. The summed E-state index contributed by atoms with van der Waals surface area (Å²) in [6.07, 6.45) is 3.24. The lowest BCUT2D eigenvalue weighted by Gasteiger charge is -2.02. The summed E-state index contributed by atoms with van der Waals surface area (Å²) in [4.78, 5) is 15.5. The van der Waals surface area contributed by atoms with E-state index in [0.29, 0.717) is 15.2 Å². The van der Waals surface area contributed by atoms with E-state index < -0.39 is 0 Å². The molecule has 8 heteroatoms. The number of hydrogen-bond donors (Lipinski definition) is 2. The second-order valence-corrected chi connectivity index (χ2v) is 5.22. The number of hydrogen-bond acceptors (Lipinski definition) is 7. The molecule has 88 valence electrons. The van der Waals surface area contributed by atoms with E-state index in [9.17, 15) is 4.79 Å². The smallest absolute Gasteiger partial charge is 0.234 e. The molecule has 2 heterocycles. The third-order valence-electron chi connectivity index (χ3n) is 1.69. The summed E-state index contributed by atoms with van der Waals surface area (Å²) in [5, 5.41) is 10.6. The van der Waals surface area contributed by atoms with Crippen LogP contribution in [0.15, 0.2) is 28.9 Å². The van der Waals surface area contributed by atoms with Crippen molar-refractivity contribution >= 4 is 39.8 Å². The van der Waals surface area contributed by atoms with Crippen LogP contribution in [0, 0.1) is 0 Å². The van der Waals surface area contributed by atoms with Crippen molar-refractivity contribution < 1.29 is 4.79 Å². The summed E-state index contributed by atoms with van der Waals surface area (Å²) in [7, 11) is 0. The van der Waals surface area contributed by atoms with Gasteiger partial charge in [-0.3, -0.25) is 9.78 Å². The molecule has 0 unspecified atom stereocenters. The first kappa shape index (κ1) is 11.8. The van der Waals surface area contributed by atoms with Crippen LogP contribution in [0.25, 0.3) is 0 Å². The first-order valence-corrected chi connectivity index (χ1v) is 6.46. The van der Waals surface area contributed by atoms with Crippen molar-refractivity contribution in [2.24, 2.45) is 0 Å². The molecule has 0 aliphatic carbocycles. The third kappa shape index (κ3) is 3.68. The number of pyridine rings is 1. The Bertz CT molecular complexity index is 501. The van der Waals surface area contributed by atoms with Crippen LogP contribution in [0.1, 0.15) is 0 Å². The largest absolute Gasteiger partial charge is 0.374 e. The standard InChI is InChI=1S/C9H9N5OS2/c10-8-13-14-9(17-8)16-5-7(15)12-6-2-1-3-11-4-6/h1-4H,5H2,(H2,10,13)(H,12,15). The van der Waals surface area contributed by atoms with E-state index >= 15 is 0 Å². The van der Waals surface area contributed by atoms with Crippen LogP contribution in [0.4, 0.5) is 10.8 Å². The van der Waals surface area contributed by atoms with E-state index in [4.69, 9.17) is 5.73 Å². The number of nitrogens with one attached hydrogen (secondary N) is 1. The van der Waals surface area contributed by atoms with E-state index in [1.165, 1.54) is 23.1 Å². The topological polar surface area (TPSA) is 93.8 Å². The van der Waals surface area contributed by atoms with Gasteiger partial charge in [0.1, 0.15) is 0 Å². The Morgan fingerprint density at radius 3 is 3.06 bits per heavy atom. The molecular formula is C9H9N5OS2. The van der Waals surface area contributed by atoms with Crippen LogP contribution in [-0.4, -0.2) is 26.8 Å². The summed E-state index contributed by atoms with van der Waals surface area (Å²) in [5.74, 6) is 0.153. The Balaban J connectivity index is 1.82. The van der Waals surface area contributed by atoms with Gasteiger partial charge in [0.2, 0.25) is 11.0 Å². The lowest BCUT2D eigenvalue weighted by Crippen LogP contribution is -2.13. The van der Waals surface area contributed by atoms with Crippen molar-refractivity contribution in [3.8, 4) is 0 Å². The summed E-state index contributed by atoms with van der Waals surface area (Å²) in [6.45, 7) is 0. The average Bonchev–Trinajstić information content (AvgIpc) is 2.74. The van der Waals surface area contributed by atoms with E-state index in [1.54, 1.807) is 24.5 Å². The quantitative estimate of drug-likeness (QED) is 0.810. The third-order valence-corrected chi connectivity index (χ3v) is 3.58. The lowest BCUT2D eigenvalue weighted by molar-refractivity contribution is -0.113. The van der Waals surface area contributed by atoms with Gasteiger partial charge in [-0.1, -0.05) is 23.1 Å². The first-order valence-electron chi connectivity index (χ1n) is 4.66. The fraction of sp³-hybridized carbons (Fsp3) is 0.111.